The van der Waals surface area contributed by atoms with Gasteiger partial charge in [0.2, 0.25) is 0 Å². The second-order valence-electron chi connectivity index (χ2n) is 7.89. The SMILES string of the molecule is COCCCN1C(=O)c2ccc3c(=O)n4c5ccc(Cl)cc5nc4c4ccc(c2c34)C1=O. The minimum absolute atomic E-state index is 0.247. The molecule has 3 aromatic carbocycles. The number of amides is 2. The summed E-state index contributed by atoms with van der Waals surface area (Å²) in [4.78, 5) is 45.8. The number of methoxy groups -OCH3 is 1. The fourth-order valence-electron chi connectivity index (χ4n) is 4.73. The molecule has 2 amide bonds. The summed E-state index contributed by atoms with van der Waals surface area (Å²) in [6.45, 7) is 0.720. The highest BCUT2D eigenvalue weighted by molar-refractivity contribution is 6.32. The van der Waals surface area contributed by atoms with Crippen molar-refractivity contribution in [3.8, 4) is 0 Å². The Morgan fingerprint density at radius 3 is 2.38 bits per heavy atom. The van der Waals surface area contributed by atoms with E-state index in [0.29, 0.717) is 67.4 Å². The fourth-order valence-corrected chi connectivity index (χ4v) is 4.90. The minimum Gasteiger partial charge on any atom is -0.385 e. The summed E-state index contributed by atoms with van der Waals surface area (Å²) in [6.07, 6.45) is 0.549. The zero-order valence-electron chi connectivity index (χ0n) is 17.0. The van der Waals surface area contributed by atoms with Crippen molar-refractivity contribution in [2.45, 2.75) is 6.42 Å². The number of fused-ring (bicyclic) bond motifs is 4. The number of hydrogen-bond acceptors (Lipinski definition) is 5. The highest BCUT2D eigenvalue weighted by Gasteiger charge is 2.34. The van der Waals surface area contributed by atoms with Gasteiger partial charge in [-0.2, -0.15) is 0 Å². The van der Waals surface area contributed by atoms with Crippen LogP contribution in [0.1, 0.15) is 27.1 Å². The predicted octanol–water partition coefficient (Wildman–Crippen LogP) is 3.88. The lowest BCUT2D eigenvalue weighted by molar-refractivity contribution is 0.0595. The average molecular weight is 446 g/mol. The topological polar surface area (TPSA) is 81.0 Å². The Balaban J connectivity index is 1.70. The second kappa shape index (κ2) is 6.72. The average Bonchev–Trinajstić information content (AvgIpc) is 3.17. The molecule has 5 aromatic rings. The number of imidazole rings is 1. The first kappa shape index (κ1) is 19.2. The lowest BCUT2D eigenvalue weighted by Crippen LogP contribution is -2.41. The van der Waals surface area contributed by atoms with E-state index in [2.05, 4.69) is 4.98 Å². The van der Waals surface area contributed by atoms with Gasteiger partial charge in [-0.25, -0.2) is 4.98 Å². The summed E-state index contributed by atoms with van der Waals surface area (Å²) < 4.78 is 6.62. The van der Waals surface area contributed by atoms with Crippen LogP contribution in [0, 0.1) is 0 Å². The lowest BCUT2D eigenvalue weighted by atomic mass is 9.90. The maximum atomic E-state index is 13.5. The van der Waals surface area contributed by atoms with Gasteiger partial charge in [0.05, 0.1) is 11.0 Å². The number of carbonyl (C=O) groups excluding carboxylic acids is 2. The molecule has 0 spiro atoms. The molecule has 0 N–H and O–H groups in total. The Morgan fingerprint density at radius 2 is 1.66 bits per heavy atom. The van der Waals surface area contributed by atoms with E-state index in [0.717, 1.165) is 0 Å². The van der Waals surface area contributed by atoms with Gasteiger partial charge in [0.15, 0.2) is 0 Å². The van der Waals surface area contributed by atoms with Crippen LogP contribution in [-0.4, -0.2) is 46.4 Å². The molecule has 0 fully saturated rings. The first-order valence-corrected chi connectivity index (χ1v) is 10.6. The standard InChI is InChI=1S/C24H16ClN3O4/c1-32-10-2-9-27-22(29)14-5-4-13-19-16(7-6-15(20(14)19)23(27)30)24(31)28-18-8-3-12(25)11-17(18)26-21(13)28/h3-8,11H,2,9-10H2,1H3. The van der Waals surface area contributed by atoms with Crippen molar-refractivity contribution >= 4 is 61.6 Å². The van der Waals surface area contributed by atoms with E-state index in [1.54, 1.807) is 54.0 Å². The molecule has 2 aromatic heterocycles. The molecule has 0 saturated heterocycles. The lowest BCUT2D eigenvalue weighted by Gasteiger charge is -2.27. The van der Waals surface area contributed by atoms with Crippen LogP contribution >= 0.6 is 11.6 Å². The van der Waals surface area contributed by atoms with Crippen LogP contribution in [0.25, 0.3) is 38.2 Å². The van der Waals surface area contributed by atoms with Gasteiger partial charge in [-0.15, -0.1) is 0 Å². The van der Waals surface area contributed by atoms with Gasteiger partial charge < -0.3 is 4.74 Å². The number of aromatic nitrogens is 2. The molecule has 8 heteroatoms. The van der Waals surface area contributed by atoms with Crippen molar-refractivity contribution in [3.63, 3.8) is 0 Å². The van der Waals surface area contributed by atoms with Crippen LogP contribution in [0.5, 0.6) is 0 Å². The number of ether oxygens (including phenoxy) is 1. The summed E-state index contributed by atoms with van der Waals surface area (Å²) in [5, 5.41) is 2.79. The van der Waals surface area contributed by atoms with E-state index in [1.165, 1.54) is 4.90 Å². The molecule has 7 nitrogen and oxygen atoms in total. The number of carbonyl (C=O) groups is 2. The van der Waals surface area contributed by atoms with E-state index >= 15 is 0 Å². The number of imide groups is 1. The Hall–Kier alpha value is -3.55. The summed E-state index contributed by atoms with van der Waals surface area (Å²) in [6, 6.07) is 12.0. The molecule has 1 aliphatic rings. The highest BCUT2D eigenvalue weighted by Crippen LogP contribution is 2.37. The number of nitrogens with zero attached hydrogens (tertiary/aromatic N) is 3. The van der Waals surface area contributed by atoms with Crippen LogP contribution in [0.3, 0.4) is 0 Å². The first-order chi connectivity index (χ1) is 15.5. The number of pyridine rings is 1. The minimum atomic E-state index is -0.361. The van der Waals surface area contributed by atoms with Gasteiger partial charge >= 0.3 is 0 Å². The Bertz CT molecular complexity index is 1650. The van der Waals surface area contributed by atoms with Crippen molar-refractivity contribution in [2.24, 2.45) is 0 Å². The highest BCUT2D eigenvalue weighted by atomic mass is 35.5. The summed E-state index contributed by atoms with van der Waals surface area (Å²) in [7, 11) is 1.58. The molecule has 0 aliphatic carbocycles. The molecule has 0 bridgehead atoms. The van der Waals surface area contributed by atoms with Crippen LogP contribution in [0.4, 0.5) is 0 Å². The van der Waals surface area contributed by atoms with Crippen LogP contribution < -0.4 is 5.56 Å². The van der Waals surface area contributed by atoms with Gasteiger partial charge in [0.1, 0.15) is 5.65 Å². The third kappa shape index (κ3) is 2.40. The monoisotopic (exact) mass is 445 g/mol. The van der Waals surface area contributed by atoms with Crippen molar-refractivity contribution in [2.75, 3.05) is 20.3 Å². The molecule has 0 unspecified atom stereocenters. The maximum absolute atomic E-state index is 13.5. The molecule has 0 saturated carbocycles. The molecule has 32 heavy (non-hydrogen) atoms. The molecule has 0 radical (unpaired) electrons. The Morgan fingerprint density at radius 1 is 0.938 bits per heavy atom. The van der Waals surface area contributed by atoms with Gasteiger partial charge in [0.25, 0.3) is 17.4 Å². The zero-order chi connectivity index (χ0) is 22.1. The quantitative estimate of drug-likeness (QED) is 0.310. The van der Waals surface area contributed by atoms with Gasteiger partial charge in [-0.05, 0) is 48.9 Å². The van der Waals surface area contributed by atoms with Gasteiger partial charge in [-0.1, -0.05) is 11.6 Å². The molecule has 6 rings (SSSR count). The third-order valence-corrected chi connectivity index (χ3v) is 6.37. The van der Waals surface area contributed by atoms with Crippen molar-refractivity contribution in [1.82, 2.24) is 14.3 Å². The largest absolute Gasteiger partial charge is 0.385 e. The van der Waals surface area contributed by atoms with E-state index in [1.807, 2.05) is 0 Å². The summed E-state index contributed by atoms with van der Waals surface area (Å²) in [5.41, 5.74) is 2.32. The second-order valence-corrected chi connectivity index (χ2v) is 8.33. The summed E-state index contributed by atoms with van der Waals surface area (Å²) >= 11 is 6.13. The smallest absolute Gasteiger partial charge is 0.264 e. The fraction of sp³-hybridized carbons (Fsp3) is 0.167. The van der Waals surface area contributed by atoms with Crippen LogP contribution in [-0.2, 0) is 4.74 Å². The normalized spacial score (nSPS) is 14.0. The summed E-state index contributed by atoms with van der Waals surface area (Å²) in [5.74, 6) is -0.721. The van der Waals surface area contributed by atoms with Crippen molar-refractivity contribution in [1.29, 1.82) is 0 Å². The maximum Gasteiger partial charge on any atom is 0.264 e. The third-order valence-electron chi connectivity index (χ3n) is 6.13. The molecule has 158 valence electrons. The van der Waals surface area contributed by atoms with Crippen molar-refractivity contribution in [3.05, 3.63) is 69.0 Å². The van der Waals surface area contributed by atoms with Gasteiger partial charge in [0, 0.05) is 58.0 Å². The number of benzene rings is 3. The molecular formula is C24H16ClN3O4. The molecule has 3 heterocycles. The zero-order valence-corrected chi connectivity index (χ0v) is 17.8. The first-order valence-electron chi connectivity index (χ1n) is 10.2. The molecular weight excluding hydrogens is 430 g/mol. The Kier molecular flexibility index (Phi) is 4.02. The van der Waals surface area contributed by atoms with Crippen LogP contribution in [0.15, 0.2) is 47.3 Å². The number of hydrogen-bond donors (Lipinski definition) is 0. The van der Waals surface area contributed by atoms with E-state index in [9.17, 15) is 14.4 Å². The molecule has 0 atom stereocenters. The molecule has 1 aliphatic heterocycles. The van der Waals surface area contributed by atoms with E-state index in [-0.39, 0.29) is 23.9 Å². The van der Waals surface area contributed by atoms with Crippen molar-refractivity contribution < 1.29 is 14.3 Å². The number of rotatable bonds is 4. The Labute approximate surface area is 186 Å². The van der Waals surface area contributed by atoms with Gasteiger partial charge in [-0.3, -0.25) is 23.7 Å². The predicted molar refractivity (Wildman–Crippen MR) is 122 cm³/mol. The van der Waals surface area contributed by atoms with E-state index < -0.39 is 0 Å². The van der Waals surface area contributed by atoms with Crippen LogP contribution in [0.2, 0.25) is 5.02 Å². The number of halogens is 1. The van der Waals surface area contributed by atoms with E-state index in [4.69, 9.17) is 16.3 Å².